The molecule has 2 rings (SSSR count). The van der Waals surface area contributed by atoms with Gasteiger partial charge in [0.2, 0.25) is 10.0 Å². The SMILES string of the molecule is CC1CN(S(=O)(=O)Cc2ccccc2Cl)CC(C)N1C. The number of hydrogen-bond acceptors (Lipinski definition) is 3. The highest BCUT2D eigenvalue weighted by Gasteiger charge is 2.33. The molecule has 0 saturated carbocycles. The minimum atomic E-state index is -3.33. The van der Waals surface area contributed by atoms with E-state index in [1.807, 2.05) is 27.0 Å². The number of benzene rings is 1. The molecule has 1 aromatic rings. The van der Waals surface area contributed by atoms with Crippen molar-refractivity contribution in [2.24, 2.45) is 0 Å². The van der Waals surface area contributed by atoms with E-state index in [9.17, 15) is 8.42 Å². The Hall–Kier alpha value is -0.620. The highest BCUT2D eigenvalue weighted by Crippen LogP contribution is 2.22. The topological polar surface area (TPSA) is 40.6 Å². The third-order valence-corrected chi connectivity index (χ3v) is 6.14. The quantitative estimate of drug-likeness (QED) is 0.858. The summed E-state index contributed by atoms with van der Waals surface area (Å²) in [6.07, 6.45) is 0. The van der Waals surface area contributed by atoms with Gasteiger partial charge in [-0.05, 0) is 32.5 Å². The van der Waals surface area contributed by atoms with E-state index in [2.05, 4.69) is 4.90 Å². The molecule has 0 aliphatic carbocycles. The largest absolute Gasteiger partial charge is 0.298 e. The predicted octanol–water partition coefficient (Wildman–Crippen LogP) is 2.19. The van der Waals surface area contributed by atoms with Crippen LogP contribution in [-0.2, 0) is 15.8 Å². The first-order valence-electron chi connectivity index (χ1n) is 6.74. The number of rotatable bonds is 3. The lowest BCUT2D eigenvalue weighted by Gasteiger charge is -2.41. The minimum absolute atomic E-state index is 0.0319. The maximum atomic E-state index is 12.6. The first kappa shape index (κ1) is 15.8. The molecule has 2 unspecified atom stereocenters. The Bertz CT molecular complexity index is 564. The van der Waals surface area contributed by atoms with E-state index in [1.54, 1.807) is 22.5 Å². The fourth-order valence-corrected chi connectivity index (χ4v) is 4.48. The molecule has 4 nitrogen and oxygen atoms in total. The second-order valence-corrected chi connectivity index (χ2v) is 7.90. The van der Waals surface area contributed by atoms with E-state index in [0.717, 1.165) is 0 Å². The highest BCUT2D eigenvalue weighted by molar-refractivity contribution is 7.88. The highest BCUT2D eigenvalue weighted by atomic mass is 35.5. The molecule has 0 radical (unpaired) electrons. The van der Waals surface area contributed by atoms with Gasteiger partial charge in [0.1, 0.15) is 0 Å². The van der Waals surface area contributed by atoms with Crippen LogP contribution in [0.4, 0.5) is 0 Å². The molecule has 1 fully saturated rings. The van der Waals surface area contributed by atoms with Crippen molar-refractivity contribution in [2.75, 3.05) is 20.1 Å². The fraction of sp³-hybridized carbons (Fsp3) is 0.571. The predicted molar refractivity (Wildman–Crippen MR) is 82.3 cm³/mol. The van der Waals surface area contributed by atoms with Gasteiger partial charge in [-0.25, -0.2) is 8.42 Å². The second-order valence-electron chi connectivity index (χ2n) is 5.53. The molecule has 1 aliphatic rings. The van der Waals surface area contributed by atoms with Crippen LogP contribution in [-0.4, -0.2) is 49.8 Å². The lowest BCUT2D eigenvalue weighted by atomic mass is 10.1. The molecule has 0 spiro atoms. The summed E-state index contributed by atoms with van der Waals surface area (Å²) >= 11 is 6.06. The van der Waals surface area contributed by atoms with Crippen LogP contribution < -0.4 is 0 Å². The summed E-state index contributed by atoms with van der Waals surface area (Å²) in [5.41, 5.74) is 0.661. The van der Waals surface area contributed by atoms with Crippen molar-refractivity contribution in [3.05, 3.63) is 34.9 Å². The Balaban J connectivity index is 2.17. The number of halogens is 1. The van der Waals surface area contributed by atoms with Crippen molar-refractivity contribution < 1.29 is 8.42 Å². The van der Waals surface area contributed by atoms with E-state index < -0.39 is 10.0 Å². The van der Waals surface area contributed by atoms with Crippen LogP contribution in [0, 0.1) is 0 Å². The molecule has 1 aromatic carbocycles. The van der Waals surface area contributed by atoms with Gasteiger partial charge in [-0.1, -0.05) is 29.8 Å². The van der Waals surface area contributed by atoms with Gasteiger partial charge in [0.05, 0.1) is 5.75 Å². The van der Waals surface area contributed by atoms with Gasteiger partial charge in [-0.3, -0.25) is 4.90 Å². The standard InChI is InChI=1S/C14H21ClN2O2S/c1-11-8-17(9-12(2)16(11)3)20(18,19)10-13-6-4-5-7-14(13)15/h4-7,11-12H,8-10H2,1-3H3. The molecule has 20 heavy (non-hydrogen) atoms. The lowest BCUT2D eigenvalue weighted by molar-refractivity contribution is 0.105. The minimum Gasteiger partial charge on any atom is -0.298 e. The number of likely N-dealkylation sites (N-methyl/N-ethyl adjacent to an activating group) is 1. The zero-order valence-corrected chi connectivity index (χ0v) is 13.7. The van der Waals surface area contributed by atoms with Crippen molar-refractivity contribution >= 4 is 21.6 Å². The molecule has 1 saturated heterocycles. The van der Waals surface area contributed by atoms with Crippen molar-refractivity contribution in [3.63, 3.8) is 0 Å². The summed E-state index contributed by atoms with van der Waals surface area (Å²) in [6, 6.07) is 7.55. The Kier molecular flexibility index (Phi) is 4.74. The number of sulfonamides is 1. The molecule has 112 valence electrons. The summed E-state index contributed by atoms with van der Waals surface area (Å²) < 4.78 is 26.7. The normalized spacial score (nSPS) is 25.8. The summed E-state index contributed by atoms with van der Waals surface area (Å²) in [6.45, 7) is 5.17. The summed E-state index contributed by atoms with van der Waals surface area (Å²) in [5.74, 6) is -0.0319. The monoisotopic (exact) mass is 316 g/mol. The van der Waals surface area contributed by atoms with Crippen molar-refractivity contribution in [2.45, 2.75) is 31.7 Å². The van der Waals surface area contributed by atoms with E-state index >= 15 is 0 Å². The van der Waals surface area contributed by atoms with E-state index in [-0.39, 0.29) is 17.8 Å². The van der Waals surface area contributed by atoms with Gasteiger partial charge in [0.25, 0.3) is 0 Å². The maximum Gasteiger partial charge on any atom is 0.218 e. The van der Waals surface area contributed by atoms with Crippen LogP contribution in [0.5, 0.6) is 0 Å². The molecule has 0 N–H and O–H groups in total. The molecule has 2 atom stereocenters. The van der Waals surface area contributed by atoms with Crippen LogP contribution in [0.25, 0.3) is 0 Å². The van der Waals surface area contributed by atoms with Crippen molar-refractivity contribution in [3.8, 4) is 0 Å². The van der Waals surface area contributed by atoms with Gasteiger partial charge in [-0.15, -0.1) is 0 Å². The smallest absolute Gasteiger partial charge is 0.218 e. The van der Waals surface area contributed by atoms with Crippen LogP contribution in [0.1, 0.15) is 19.4 Å². The van der Waals surface area contributed by atoms with E-state index in [4.69, 9.17) is 11.6 Å². The van der Waals surface area contributed by atoms with Crippen LogP contribution in [0.2, 0.25) is 5.02 Å². The van der Waals surface area contributed by atoms with Crippen molar-refractivity contribution in [1.29, 1.82) is 0 Å². The Labute approximate surface area is 126 Å². The van der Waals surface area contributed by atoms with Crippen LogP contribution in [0.3, 0.4) is 0 Å². The first-order chi connectivity index (χ1) is 9.31. The van der Waals surface area contributed by atoms with E-state index in [0.29, 0.717) is 23.7 Å². The zero-order valence-electron chi connectivity index (χ0n) is 12.1. The summed E-state index contributed by atoms with van der Waals surface area (Å²) in [7, 11) is -1.29. The van der Waals surface area contributed by atoms with Gasteiger partial charge in [-0.2, -0.15) is 4.31 Å². The van der Waals surface area contributed by atoms with Gasteiger partial charge in [0, 0.05) is 30.2 Å². The number of nitrogens with zero attached hydrogens (tertiary/aromatic N) is 2. The molecule has 0 aromatic heterocycles. The molecular formula is C14H21ClN2O2S. The molecule has 1 aliphatic heterocycles. The lowest BCUT2D eigenvalue weighted by Crippen LogP contribution is -2.56. The third-order valence-electron chi connectivity index (χ3n) is 4.02. The Morgan fingerprint density at radius 2 is 1.75 bits per heavy atom. The van der Waals surface area contributed by atoms with E-state index in [1.165, 1.54) is 0 Å². The average Bonchev–Trinajstić information content (AvgIpc) is 2.38. The van der Waals surface area contributed by atoms with Crippen LogP contribution >= 0.6 is 11.6 Å². The molecule has 0 bridgehead atoms. The molecular weight excluding hydrogens is 296 g/mol. The first-order valence-corrected chi connectivity index (χ1v) is 8.73. The summed E-state index contributed by atoms with van der Waals surface area (Å²) in [4.78, 5) is 2.21. The van der Waals surface area contributed by atoms with Gasteiger partial charge < -0.3 is 0 Å². The molecule has 1 heterocycles. The Morgan fingerprint density at radius 3 is 2.30 bits per heavy atom. The molecule has 0 amide bonds. The van der Waals surface area contributed by atoms with Gasteiger partial charge in [0.15, 0.2) is 0 Å². The average molecular weight is 317 g/mol. The Morgan fingerprint density at radius 1 is 1.20 bits per heavy atom. The second kappa shape index (κ2) is 6.02. The molecule has 6 heteroatoms. The third kappa shape index (κ3) is 3.34. The zero-order chi connectivity index (χ0) is 14.9. The number of piperazine rings is 1. The van der Waals surface area contributed by atoms with Crippen molar-refractivity contribution in [1.82, 2.24) is 9.21 Å². The van der Waals surface area contributed by atoms with Gasteiger partial charge >= 0.3 is 0 Å². The fourth-order valence-electron chi connectivity index (χ4n) is 2.49. The van der Waals surface area contributed by atoms with Crippen LogP contribution in [0.15, 0.2) is 24.3 Å². The maximum absolute atomic E-state index is 12.6. The summed E-state index contributed by atoms with van der Waals surface area (Å²) in [5, 5.41) is 0.506. The number of hydrogen-bond donors (Lipinski definition) is 0.